The van der Waals surface area contributed by atoms with E-state index in [1.807, 2.05) is 6.92 Å². The number of hydrogen-bond donors (Lipinski definition) is 0. The Kier molecular flexibility index (Phi) is 11.9. The molecule has 0 bridgehead atoms. The maximum Gasteiger partial charge on any atom is 1.00 e. The Bertz CT molecular complexity index is 78.2. The van der Waals surface area contributed by atoms with Crippen molar-refractivity contribution in [1.29, 1.82) is 0 Å². The summed E-state index contributed by atoms with van der Waals surface area (Å²) in [5.74, 6) is 0. The Balaban J connectivity index is 0. The summed E-state index contributed by atoms with van der Waals surface area (Å²) in [6.07, 6.45) is 1.79. The van der Waals surface area contributed by atoms with Gasteiger partial charge in [-0.05, 0) is 6.42 Å². The van der Waals surface area contributed by atoms with Crippen LogP contribution in [0.25, 0.3) is 0 Å². The molecule has 0 aliphatic carbocycles. The normalized spacial score (nSPS) is 12.2. The fourth-order valence-electron chi connectivity index (χ4n) is 0.300. The third-order valence-electron chi connectivity index (χ3n) is 0.718. The first-order valence-corrected chi connectivity index (χ1v) is 3.83. The van der Waals surface area contributed by atoms with Gasteiger partial charge in [0.15, 0.2) is 0 Å². The van der Waals surface area contributed by atoms with Crippen molar-refractivity contribution in [2.45, 2.75) is 19.8 Å². The maximum atomic E-state index is 9.73. The average molecular weight is 201 g/mol. The van der Waals surface area contributed by atoms with Crippen molar-refractivity contribution in [3.8, 4) is 0 Å². The third-order valence-corrected chi connectivity index (χ3v) is 1.16. The Morgan fingerprint density at radius 2 is 2.22 bits per heavy atom. The first-order valence-electron chi connectivity index (χ1n) is 2.61. The average Bonchev–Trinajstić information content (AvgIpc) is 1.66. The Morgan fingerprint density at radius 3 is 2.56 bits per heavy atom. The van der Waals surface area contributed by atoms with Crippen molar-refractivity contribution in [3.05, 3.63) is 0 Å². The Hall–Kier alpha value is 0.669. The van der Waals surface area contributed by atoms with Crippen LogP contribution in [0.15, 0.2) is 0 Å². The van der Waals surface area contributed by atoms with E-state index in [4.69, 9.17) is 0 Å². The zero-order chi connectivity index (χ0) is 6.41. The molecule has 3 nitrogen and oxygen atoms in total. The molecule has 1 atom stereocenters. The van der Waals surface area contributed by atoms with Crippen molar-refractivity contribution in [2.24, 2.45) is 0 Å². The fraction of sp³-hybridized carbons (Fsp3) is 1.00. The fourth-order valence-corrected chi connectivity index (χ4v) is 0.611. The van der Waals surface area contributed by atoms with E-state index in [0.717, 1.165) is 12.8 Å². The van der Waals surface area contributed by atoms with Gasteiger partial charge in [-0.15, -0.1) is 0 Å². The van der Waals surface area contributed by atoms with E-state index < -0.39 is 8.25 Å². The first kappa shape index (κ1) is 12.4. The van der Waals surface area contributed by atoms with Crippen molar-refractivity contribution in [2.75, 3.05) is 6.61 Å². The van der Waals surface area contributed by atoms with Gasteiger partial charge in [-0.2, -0.15) is 0 Å². The Morgan fingerprint density at radius 1 is 1.67 bits per heavy atom. The molecule has 0 aliphatic rings. The molecule has 0 aliphatic heterocycles. The predicted octanol–water partition coefficient (Wildman–Crippen LogP) is 0.551. The van der Waals surface area contributed by atoms with Gasteiger partial charge in [-0.3, -0.25) is 0 Å². The van der Waals surface area contributed by atoms with Crippen molar-refractivity contribution in [3.63, 3.8) is 0 Å². The Labute approximate surface area is 66.2 Å². The molecule has 0 radical (unpaired) electrons. The SMILES string of the molecule is CCCCO[PH](=O)[O-].[Cu+]. The van der Waals surface area contributed by atoms with Gasteiger partial charge in [0.05, 0.1) is 6.61 Å². The standard InChI is InChI=1S/C4H11O3P.Cu/c1-2-3-4-7-8(5)6;/h8H,2-4H2,1H3,(H,5,6);/q;+1/p-1. The molecule has 60 valence electrons. The molecule has 9 heavy (non-hydrogen) atoms. The second-order valence-corrected chi connectivity index (χ2v) is 2.24. The smallest absolute Gasteiger partial charge is 0.781 e. The van der Waals surface area contributed by atoms with E-state index in [9.17, 15) is 9.46 Å². The van der Waals surface area contributed by atoms with Gasteiger partial charge in [-0.1, -0.05) is 13.3 Å². The minimum absolute atomic E-state index is 0. The van der Waals surface area contributed by atoms with Crippen molar-refractivity contribution in [1.82, 2.24) is 0 Å². The summed E-state index contributed by atoms with van der Waals surface area (Å²) in [6, 6.07) is 0. The van der Waals surface area contributed by atoms with Crippen LogP contribution in [0.2, 0.25) is 0 Å². The molecule has 0 spiro atoms. The summed E-state index contributed by atoms with van der Waals surface area (Å²) < 4.78 is 14.0. The van der Waals surface area contributed by atoms with Crippen LogP contribution in [0.4, 0.5) is 0 Å². The molecule has 0 rings (SSSR count). The second kappa shape index (κ2) is 8.67. The quantitative estimate of drug-likeness (QED) is 0.378. The van der Waals surface area contributed by atoms with Crippen LogP contribution in [0, 0.1) is 0 Å². The molecular formula is C4H10CuO3P. The first-order chi connectivity index (χ1) is 3.77. The van der Waals surface area contributed by atoms with E-state index in [1.54, 1.807) is 0 Å². The molecule has 0 amide bonds. The summed E-state index contributed by atoms with van der Waals surface area (Å²) in [4.78, 5) is 9.73. The van der Waals surface area contributed by atoms with E-state index in [1.165, 1.54) is 0 Å². The molecule has 0 aromatic carbocycles. The van der Waals surface area contributed by atoms with Crippen LogP contribution in [-0.2, 0) is 26.2 Å². The van der Waals surface area contributed by atoms with Crippen LogP contribution in [0.1, 0.15) is 19.8 Å². The molecule has 0 saturated heterocycles. The number of hydrogen-bond acceptors (Lipinski definition) is 3. The van der Waals surface area contributed by atoms with Gasteiger partial charge in [0.25, 0.3) is 0 Å². The van der Waals surface area contributed by atoms with Gasteiger partial charge in [-0.25, -0.2) is 0 Å². The van der Waals surface area contributed by atoms with E-state index >= 15 is 0 Å². The number of unbranched alkanes of at least 4 members (excludes halogenated alkanes) is 1. The van der Waals surface area contributed by atoms with Crippen LogP contribution >= 0.6 is 8.25 Å². The van der Waals surface area contributed by atoms with E-state index in [2.05, 4.69) is 4.52 Å². The van der Waals surface area contributed by atoms with Gasteiger partial charge in [0.1, 0.15) is 8.25 Å². The summed E-state index contributed by atoms with van der Waals surface area (Å²) in [5, 5.41) is 0. The molecule has 5 heteroatoms. The third kappa shape index (κ3) is 12.0. The van der Waals surface area contributed by atoms with Gasteiger partial charge in [0, 0.05) is 0 Å². The number of rotatable bonds is 4. The molecule has 1 unspecified atom stereocenters. The largest absolute Gasteiger partial charge is 1.00 e. The molecule has 0 aromatic heterocycles. The summed E-state index contributed by atoms with van der Waals surface area (Å²) in [7, 11) is -2.91. The molecular weight excluding hydrogens is 191 g/mol. The predicted molar refractivity (Wildman–Crippen MR) is 29.9 cm³/mol. The minimum Gasteiger partial charge on any atom is -0.781 e. The molecule has 0 N–H and O–H groups in total. The van der Waals surface area contributed by atoms with Crippen molar-refractivity contribution < 1.29 is 31.1 Å². The zero-order valence-electron chi connectivity index (χ0n) is 5.15. The van der Waals surface area contributed by atoms with E-state index in [-0.39, 0.29) is 17.1 Å². The molecule has 0 aromatic rings. The van der Waals surface area contributed by atoms with Gasteiger partial charge < -0.3 is 14.0 Å². The molecule has 0 saturated carbocycles. The zero-order valence-corrected chi connectivity index (χ0v) is 7.09. The van der Waals surface area contributed by atoms with Crippen LogP contribution in [0.5, 0.6) is 0 Å². The van der Waals surface area contributed by atoms with Crippen LogP contribution in [0.3, 0.4) is 0 Å². The monoisotopic (exact) mass is 200 g/mol. The van der Waals surface area contributed by atoms with Gasteiger partial charge in [0.2, 0.25) is 0 Å². The van der Waals surface area contributed by atoms with Gasteiger partial charge >= 0.3 is 17.1 Å². The van der Waals surface area contributed by atoms with E-state index in [0.29, 0.717) is 6.61 Å². The summed E-state index contributed by atoms with van der Waals surface area (Å²) >= 11 is 0. The van der Waals surface area contributed by atoms with Crippen molar-refractivity contribution >= 4 is 8.25 Å². The summed E-state index contributed by atoms with van der Waals surface area (Å²) in [6.45, 7) is 2.32. The second-order valence-electron chi connectivity index (χ2n) is 1.45. The summed E-state index contributed by atoms with van der Waals surface area (Å²) in [5.41, 5.74) is 0. The minimum atomic E-state index is -2.91. The topological polar surface area (TPSA) is 49.4 Å². The molecule has 0 heterocycles. The van der Waals surface area contributed by atoms with Crippen LogP contribution in [-0.4, -0.2) is 6.61 Å². The maximum absolute atomic E-state index is 9.73. The molecule has 0 fully saturated rings. The van der Waals surface area contributed by atoms with Crippen LogP contribution < -0.4 is 4.89 Å².